The quantitative estimate of drug-likeness (QED) is 0.912. The van der Waals surface area contributed by atoms with E-state index in [1.165, 1.54) is 6.42 Å². The van der Waals surface area contributed by atoms with Crippen LogP contribution in [0.4, 0.5) is 5.82 Å². The second kappa shape index (κ2) is 6.54. The van der Waals surface area contributed by atoms with Crippen LogP contribution in [-0.4, -0.2) is 46.4 Å². The van der Waals surface area contributed by atoms with Gasteiger partial charge in [0.2, 0.25) is 0 Å². The number of aromatic hydroxyl groups is 1. The number of likely N-dealkylation sites (tertiary alicyclic amines) is 1. The van der Waals surface area contributed by atoms with Gasteiger partial charge in [-0.2, -0.15) is 0 Å². The summed E-state index contributed by atoms with van der Waals surface area (Å²) in [5.74, 6) is 1.05. The Labute approximate surface area is 137 Å². The smallest absolute Gasteiger partial charge is 0.149 e. The van der Waals surface area contributed by atoms with Crippen LogP contribution in [-0.2, 0) is 0 Å². The average molecular weight is 312 g/mol. The van der Waals surface area contributed by atoms with Crippen molar-refractivity contribution in [1.82, 2.24) is 15.1 Å². The summed E-state index contributed by atoms with van der Waals surface area (Å²) in [5, 5.41) is 22.3. The topological polar surface area (TPSA) is 61.3 Å². The predicted molar refractivity (Wildman–Crippen MR) is 92.7 cm³/mol. The summed E-state index contributed by atoms with van der Waals surface area (Å²) in [5.41, 5.74) is 3.49. The van der Waals surface area contributed by atoms with Crippen LogP contribution >= 0.6 is 0 Å². The number of phenols is 1. The molecule has 2 N–H and O–H groups in total. The number of benzene rings is 1. The zero-order valence-electron chi connectivity index (χ0n) is 14.0. The Morgan fingerprint density at radius 3 is 2.74 bits per heavy atom. The van der Waals surface area contributed by atoms with Gasteiger partial charge in [-0.15, -0.1) is 10.2 Å². The first-order chi connectivity index (χ1) is 11.0. The first-order valence-corrected chi connectivity index (χ1v) is 8.12. The second-order valence-corrected chi connectivity index (χ2v) is 6.53. The lowest BCUT2D eigenvalue weighted by molar-refractivity contribution is 0.260. The van der Waals surface area contributed by atoms with Crippen LogP contribution in [0.5, 0.6) is 5.75 Å². The van der Waals surface area contributed by atoms with Crippen LogP contribution < -0.4 is 5.32 Å². The third kappa shape index (κ3) is 3.62. The molecule has 0 unspecified atom stereocenters. The van der Waals surface area contributed by atoms with E-state index >= 15 is 0 Å². The van der Waals surface area contributed by atoms with Crippen molar-refractivity contribution < 1.29 is 5.11 Å². The third-order valence-electron chi connectivity index (χ3n) is 4.37. The van der Waals surface area contributed by atoms with Gasteiger partial charge in [0.1, 0.15) is 11.6 Å². The maximum atomic E-state index is 10.1. The number of hydrogen-bond donors (Lipinski definition) is 2. The van der Waals surface area contributed by atoms with Crippen LogP contribution in [0.15, 0.2) is 24.3 Å². The Morgan fingerprint density at radius 1 is 1.22 bits per heavy atom. The zero-order valence-corrected chi connectivity index (χ0v) is 14.0. The van der Waals surface area contributed by atoms with E-state index in [0.29, 0.717) is 6.04 Å². The number of aryl methyl sites for hydroxylation is 2. The van der Waals surface area contributed by atoms with Crippen LogP contribution in [0.25, 0.3) is 11.3 Å². The van der Waals surface area contributed by atoms with E-state index in [9.17, 15) is 5.11 Å². The number of hydrogen-bond acceptors (Lipinski definition) is 5. The number of nitrogens with zero attached hydrogens (tertiary/aromatic N) is 3. The van der Waals surface area contributed by atoms with Gasteiger partial charge in [-0.25, -0.2) is 0 Å². The molecular formula is C18H24N4O. The number of anilines is 1. The highest BCUT2D eigenvalue weighted by Gasteiger charge is 2.18. The second-order valence-electron chi connectivity index (χ2n) is 6.53. The van der Waals surface area contributed by atoms with Crippen molar-refractivity contribution in [2.45, 2.75) is 32.7 Å². The van der Waals surface area contributed by atoms with Crippen molar-refractivity contribution in [3.05, 3.63) is 35.4 Å². The molecule has 0 spiro atoms. The van der Waals surface area contributed by atoms with Gasteiger partial charge in [0, 0.05) is 18.2 Å². The maximum absolute atomic E-state index is 10.1. The Hall–Kier alpha value is -2.14. The number of nitrogens with one attached hydrogen (secondary N) is 1. The molecule has 5 heteroatoms. The summed E-state index contributed by atoms with van der Waals surface area (Å²) in [6.07, 6.45) is 2.36. The fourth-order valence-electron chi connectivity index (χ4n) is 3.16. The monoisotopic (exact) mass is 312 g/mol. The normalized spacial score (nSPS) is 18.8. The molecule has 1 aromatic heterocycles. The lowest BCUT2D eigenvalue weighted by Gasteiger charge is -2.30. The van der Waals surface area contributed by atoms with E-state index < -0.39 is 0 Å². The summed E-state index contributed by atoms with van der Waals surface area (Å²) < 4.78 is 0. The summed E-state index contributed by atoms with van der Waals surface area (Å²) in [6.45, 7) is 6.15. The first-order valence-electron chi connectivity index (χ1n) is 8.12. The molecule has 1 aliphatic rings. The summed E-state index contributed by atoms with van der Waals surface area (Å²) in [4.78, 5) is 2.33. The van der Waals surface area contributed by atoms with Crippen molar-refractivity contribution in [2.24, 2.45) is 0 Å². The van der Waals surface area contributed by atoms with Crippen molar-refractivity contribution >= 4 is 5.82 Å². The van der Waals surface area contributed by atoms with E-state index in [1.54, 1.807) is 6.07 Å². The van der Waals surface area contributed by atoms with E-state index in [-0.39, 0.29) is 5.75 Å². The zero-order chi connectivity index (χ0) is 16.4. The molecule has 3 rings (SSSR count). The molecule has 5 nitrogen and oxygen atoms in total. The van der Waals surface area contributed by atoms with Gasteiger partial charge in [-0.1, -0.05) is 6.07 Å². The Morgan fingerprint density at radius 2 is 2.04 bits per heavy atom. The number of aromatic nitrogens is 2. The summed E-state index contributed by atoms with van der Waals surface area (Å²) in [7, 11) is 2.15. The Balaban J connectivity index is 1.80. The maximum Gasteiger partial charge on any atom is 0.149 e. The fourth-order valence-corrected chi connectivity index (χ4v) is 3.16. The average Bonchev–Trinajstić information content (AvgIpc) is 2.48. The lowest BCUT2D eigenvalue weighted by Crippen LogP contribution is -2.39. The minimum atomic E-state index is 0.247. The Kier molecular flexibility index (Phi) is 4.48. The van der Waals surface area contributed by atoms with Gasteiger partial charge in [0.05, 0.1) is 5.69 Å². The minimum Gasteiger partial charge on any atom is -0.507 e. The molecule has 1 aromatic carbocycles. The van der Waals surface area contributed by atoms with Crippen molar-refractivity contribution in [1.29, 1.82) is 0 Å². The fraction of sp³-hybridized carbons (Fsp3) is 0.444. The highest BCUT2D eigenvalue weighted by molar-refractivity contribution is 5.70. The molecule has 1 aliphatic heterocycles. The van der Waals surface area contributed by atoms with Crippen LogP contribution in [0, 0.1) is 13.8 Å². The lowest BCUT2D eigenvalue weighted by atomic mass is 10.0. The summed E-state index contributed by atoms with van der Waals surface area (Å²) in [6, 6.07) is 8.04. The molecule has 0 amide bonds. The molecule has 0 radical (unpaired) electrons. The van der Waals surface area contributed by atoms with Crippen LogP contribution in [0.1, 0.15) is 24.0 Å². The van der Waals surface area contributed by atoms with Gasteiger partial charge in [0.15, 0.2) is 0 Å². The number of rotatable bonds is 3. The molecule has 0 bridgehead atoms. The molecule has 1 saturated heterocycles. The highest BCUT2D eigenvalue weighted by atomic mass is 16.3. The van der Waals surface area contributed by atoms with Crippen LogP contribution in [0.2, 0.25) is 0 Å². The van der Waals surface area contributed by atoms with E-state index in [4.69, 9.17) is 0 Å². The molecule has 23 heavy (non-hydrogen) atoms. The molecule has 1 fully saturated rings. The van der Waals surface area contributed by atoms with Crippen LogP contribution in [0.3, 0.4) is 0 Å². The van der Waals surface area contributed by atoms with Gasteiger partial charge >= 0.3 is 0 Å². The number of likely N-dealkylation sites (N-methyl/N-ethyl adjacent to an activating group) is 1. The molecule has 1 atom stereocenters. The molecule has 122 valence electrons. The van der Waals surface area contributed by atoms with Gasteiger partial charge in [0.25, 0.3) is 0 Å². The SMILES string of the molecule is Cc1ccc(-c2nnc(N[C@@H]3CCCN(C)C3)cc2C)c(O)c1. The standard InChI is InChI=1S/C18H24N4O/c1-12-6-7-15(16(23)9-12)18-13(2)10-17(20-21-18)19-14-5-4-8-22(3)11-14/h6-7,9-10,14,23H,4-5,8,11H2,1-3H3,(H,19,20)/t14-/m1/s1. The molecule has 2 aromatic rings. The number of phenolic OH excluding ortho intramolecular Hbond substituents is 1. The third-order valence-corrected chi connectivity index (χ3v) is 4.37. The number of piperidine rings is 1. The van der Waals surface area contributed by atoms with Gasteiger partial charge < -0.3 is 15.3 Å². The largest absolute Gasteiger partial charge is 0.507 e. The van der Waals surface area contributed by atoms with E-state index in [2.05, 4.69) is 27.5 Å². The van der Waals surface area contributed by atoms with Crippen molar-refractivity contribution in [3.63, 3.8) is 0 Å². The molecule has 0 saturated carbocycles. The minimum absolute atomic E-state index is 0.247. The molecule has 2 heterocycles. The van der Waals surface area contributed by atoms with Crippen molar-refractivity contribution in [2.75, 3.05) is 25.5 Å². The predicted octanol–water partition coefficient (Wildman–Crippen LogP) is 2.97. The molecule has 0 aliphatic carbocycles. The van der Waals surface area contributed by atoms with E-state index in [1.807, 2.05) is 32.0 Å². The van der Waals surface area contributed by atoms with Crippen molar-refractivity contribution in [3.8, 4) is 17.0 Å². The summed E-state index contributed by atoms with van der Waals surface area (Å²) >= 11 is 0. The van der Waals surface area contributed by atoms with E-state index in [0.717, 1.165) is 47.7 Å². The van der Waals surface area contributed by atoms with Gasteiger partial charge in [-0.05, 0) is 69.6 Å². The Bertz CT molecular complexity index is 701. The molecular weight excluding hydrogens is 288 g/mol. The first kappa shape index (κ1) is 15.7. The van der Waals surface area contributed by atoms with Gasteiger partial charge in [-0.3, -0.25) is 0 Å². The highest BCUT2D eigenvalue weighted by Crippen LogP contribution is 2.31.